The van der Waals surface area contributed by atoms with Crippen molar-refractivity contribution in [2.75, 3.05) is 12.3 Å². The third kappa shape index (κ3) is 5.89. The lowest BCUT2D eigenvalue weighted by molar-refractivity contribution is 0.192. The van der Waals surface area contributed by atoms with E-state index in [0.29, 0.717) is 6.04 Å². The highest BCUT2D eigenvalue weighted by Crippen LogP contribution is 2.22. The van der Waals surface area contributed by atoms with Crippen molar-refractivity contribution in [3.63, 3.8) is 0 Å². The van der Waals surface area contributed by atoms with Gasteiger partial charge in [0.1, 0.15) is 0 Å². The molecule has 0 aromatic heterocycles. The van der Waals surface area contributed by atoms with Crippen LogP contribution in [0.1, 0.15) is 45.2 Å². The van der Waals surface area contributed by atoms with Crippen LogP contribution in [0.2, 0.25) is 0 Å². The van der Waals surface area contributed by atoms with Gasteiger partial charge in [0.05, 0.1) is 6.10 Å². The van der Waals surface area contributed by atoms with Gasteiger partial charge in [-0.05, 0) is 50.9 Å². The molecule has 0 radical (unpaired) electrons. The Balaban J connectivity index is 2.41. The number of rotatable bonds is 8. The first-order valence-electron chi connectivity index (χ1n) is 6.77. The van der Waals surface area contributed by atoms with Crippen LogP contribution in [0, 0.1) is 0 Å². The number of hydrogen-bond acceptors (Lipinski definition) is 3. The molecule has 0 bridgehead atoms. The Morgan fingerprint density at radius 1 is 1.22 bits per heavy atom. The van der Waals surface area contributed by atoms with Gasteiger partial charge in [-0.15, -0.1) is 11.8 Å². The van der Waals surface area contributed by atoms with Crippen LogP contribution in [0.5, 0.6) is 0 Å². The molecular weight excluding hydrogens is 242 g/mol. The zero-order valence-electron chi connectivity index (χ0n) is 11.6. The first-order valence-corrected chi connectivity index (χ1v) is 7.76. The highest BCUT2D eigenvalue weighted by atomic mass is 32.2. The van der Waals surface area contributed by atoms with Crippen molar-refractivity contribution >= 4 is 11.8 Å². The zero-order chi connectivity index (χ0) is 13.4. The predicted octanol–water partition coefficient (Wildman–Crippen LogP) is 3.61. The molecule has 0 spiro atoms. The van der Waals surface area contributed by atoms with Crippen LogP contribution in [-0.4, -0.2) is 23.5 Å². The third-order valence-corrected chi connectivity index (χ3v) is 3.93. The van der Waals surface area contributed by atoms with Crippen molar-refractivity contribution in [2.45, 2.75) is 50.7 Å². The summed E-state index contributed by atoms with van der Waals surface area (Å²) in [6, 6.07) is 9.15. The first-order chi connectivity index (χ1) is 8.63. The van der Waals surface area contributed by atoms with Gasteiger partial charge in [0, 0.05) is 16.7 Å². The number of nitrogens with one attached hydrogen (secondary N) is 1. The lowest BCUT2D eigenvalue weighted by Gasteiger charge is -2.14. The smallest absolute Gasteiger partial charge is 0.0520 e. The van der Waals surface area contributed by atoms with Gasteiger partial charge >= 0.3 is 0 Å². The highest BCUT2D eigenvalue weighted by molar-refractivity contribution is 7.99. The van der Waals surface area contributed by atoms with E-state index in [4.69, 9.17) is 0 Å². The van der Waals surface area contributed by atoms with E-state index < -0.39 is 0 Å². The van der Waals surface area contributed by atoms with Gasteiger partial charge in [-0.3, -0.25) is 0 Å². The van der Waals surface area contributed by atoms with E-state index in [1.54, 1.807) is 11.8 Å². The molecule has 0 aliphatic carbocycles. The molecule has 0 saturated carbocycles. The number of aliphatic hydroxyl groups is 1. The maximum absolute atomic E-state index is 9.21. The van der Waals surface area contributed by atoms with Crippen LogP contribution >= 0.6 is 11.8 Å². The van der Waals surface area contributed by atoms with Crippen LogP contribution < -0.4 is 5.32 Å². The normalized spacial score (nSPS) is 14.4. The molecular formula is C15H25NOS. The van der Waals surface area contributed by atoms with E-state index in [9.17, 15) is 5.11 Å². The number of thioether (sulfide) groups is 1. The second kappa shape index (κ2) is 8.57. The summed E-state index contributed by atoms with van der Waals surface area (Å²) in [7, 11) is 0. The third-order valence-electron chi connectivity index (χ3n) is 2.88. The van der Waals surface area contributed by atoms with Crippen molar-refractivity contribution in [1.29, 1.82) is 0 Å². The fourth-order valence-corrected chi connectivity index (χ4v) is 2.70. The summed E-state index contributed by atoms with van der Waals surface area (Å²) in [5.74, 6) is 0.973. The Hall–Kier alpha value is -0.510. The molecule has 102 valence electrons. The molecule has 2 nitrogen and oxygen atoms in total. The van der Waals surface area contributed by atoms with Crippen LogP contribution in [0.25, 0.3) is 0 Å². The van der Waals surface area contributed by atoms with E-state index in [1.165, 1.54) is 10.5 Å². The number of benzene rings is 1. The van der Waals surface area contributed by atoms with E-state index >= 15 is 0 Å². The summed E-state index contributed by atoms with van der Waals surface area (Å²) in [6.07, 6.45) is 1.81. The van der Waals surface area contributed by atoms with Crippen molar-refractivity contribution in [1.82, 2.24) is 5.32 Å². The highest BCUT2D eigenvalue weighted by Gasteiger charge is 2.04. The average Bonchev–Trinajstić information content (AvgIpc) is 2.36. The maximum atomic E-state index is 9.21. The van der Waals surface area contributed by atoms with Crippen molar-refractivity contribution in [3.05, 3.63) is 29.8 Å². The van der Waals surface area contributed by atoms with Gasteiger partial charge in [-0.1, -0.05) is 19.1 Å². The Bertz CT molecular complexity index is 324. The lowest BCUT2D eigenvalue weighted by Crippen LogP contribution is -2.19. The minimum absolute atomic E-state index is 0.199. The standard InChI is InChI=1S/C15H25NOS/c1-4-10-16-13(3)14-5-7-15(8-6-14)18-11-9-12(2)17/h5-8,12-13,16-17H,4,9-11H2,1-3H3. The number of aliphatic hydroxyl groups excluding tert-OH is 1. The Morgan fingerprint density at radius 3 is 2.44 bits per heavy atom. The summed E-state index contributed by atoms with van der Waals surface area (Å²) < 4.78 is 0. The molecule has 2 unspecified atom stereocenters. The van der Waals surface area contributed by atoms with E-state index in [0.717, 1.165) is 25.1 Å². The van der Waals surface area contributed by atoms with Crippen LogP contribution in [0.4, 0.5) is 0 Å². The van der Waals surface area contributed by atoms with Gasteiger partial charge in [0.15, 0.2) is 0 Å². The molecule has 18 heavy (non-hydrogen) atoms. The molecule has 0 saturated heterocycles. The molecule has 1 aromatic rings. The number of hydrogen-bond donors (Lipinski definition) is 2. The monoisotopic (exact) mass is 267 g/mol. The van der Waals surface area contributed by atoms with Gasteiger partial charge in [0.25, 0.3) is 0 Å². The van der Waals surface area contributed by atoms with Crippen LogP contribution in [0.3, 0.4) is 0 Å². The van der Waals surface area contributed by atoms with Crippen LogP contribution in [-0.2, 0) is 0 Å². The molecule has 2 atom stereocenters. The molecule has 2 N–H and O–H groups in total. The minimum Gasteiger partial charge on any atom is -0.393 e. The van der Waals surface area contributed by atoms with Crippen molar-refractivity contribution in [2.24, 2.45) is 0 Å². The molecule has 1 rings (SSSR count). The molecule has 0 heterocycles. The predicted molar refractivity (Wildman–Crippen MR) is 80.2 cm³/mol. The second-order valence-corrected chi connectivity index (χ2v) is 5.90. The SMILES string of the molecule is CCCNC(C)c1ccc(SCCC(C)O)cc1. The topological polar surface area (TPSA) is 32.3 Å². The van der Waals surface area contributed by atoms with Crippen molar-refractivity contribution in [3.8, 4) is 0 Å². The molecule has 0 aliphatic rings. The fraction of sp³-hybridized carbons (Fsp3) is 0.600. The summed E-state index contributed by atoms with van der Waals surface area (Å²) in [5.41, 5.74) is 1.34. The van der Waals surface area contributed by atoms with E-state index in [2.05, 4.69) is 43.4 Å². The second-order valence-electron chi connectivity index (χ2n) is 4.73. The minimum atomic E-state index is -0.199. The van der Waals surface area contributed by atoms with Crippen molar-refractivity contribution < 1.29 is 5.11 Å². The summed E-state index contributed by atoms with van der Waals surface area (Å²) in [4.78, 5) is 1.28. The maximum Gasteiger partial charge on any atom is 0.0520 e. The van der Waals surface area contributed by atoms with Gasteiger partial charge in [-0.25, -0.2) is 0 Å². The van der Waals surface area contributed by atoms with Gasteiger partial charge in [-0.2, -0.15) is 0 Å². The zero-order valence-corrected chi connectivity index (χ0v) is 12.5. The Kier molecular flexibility index (Phi) is 7.40. The molecule has 0 amide bonds. The van der Waals surface area contributed by atoms with Gasteiger partial charge < -0.3 is 10.4 Å². The molecule has 0 fully saturated rings. The van der Waals surface area contributed by atoms with Gasteiger partial charge in [0.2, 0.25) is 0 Å². The quantitative estimate of drug-likeness (QED) is 0.706. The Morgan fingerprint density at radius 2 is 1.89 bits per heavy atom. The van der Waals surface area contributed by atoms with E-state index in [1.807, 2.05) is 6.92 Å². The first kappa shape index (κ1) is 15.5. The molecule has 1 aromatic carbocycles. The molecule has 3 heteroatoms. The summed E-state index contributed by atoms with van der Waals surface area (Å²) in [6.45, 7) is 7.28. The summed E-state index contributed by atoms with van der Waals surface area (Å²) in [5, 5.41) is 12.7. The fourth-order valence-electron chi connectivity index (χ4n) is 1.68. The molecule has 0 aliphatic heterocycles. The van der Waals surface area contributed by atoms with Crippen LogP contribution in [0.15, 0.2) is 29.2 Å². The largest absolute Gasteiger partial charge is 0.393 e. The lowest BCUT2D eigenvalue weighted by atomic mass is 10.1. The summed E-state index contributed by atoms with van der Waals surface area (Å²) >= 11 is 1.81. The Labute approximate surface area is 115 Å². The average molecular weight is 267 g/mol. The van der Waals surface area contributed by atoms with E-state index in [-0.39, 0.29) is 6.10 Å².